The molecule has 6 heteroatoms. The Balaban J connectivity index is 0.00000264. The molecular formula is C17H30IN3OS. The fraction of sp³-hybridized carbons (Fsp3) is 0.706. The minimum Gasteiger partial charge on any atom is -0.469 e. The molecule has 0 radical (unpaired) electrons. The Morgan fingerprint density at radius 3 is 2.96 bits per heavy atom. The Hall–Kier alpha value is -0.370. The van der Waals surface area contributed by atoms with E-state index in [2.05, 4.69) is 43.2 Å². The molecule has 2 heterocycles. The van der Waals surface area contributed by atoms with E-state index in [9.17, 15) is 0 Å². The van der Waals surface area contributed by atoms with Gasteiger partial charge in [-0.1, -0.05) is 6.92 Å². The highest BCUT2D eigenvalue weighted by Gasteiger charge is 2.29. The largest absolute Gasteiger partial charge is 0.469 e. The summed E-state index contributed by atoms with van der Waals surface area (Å²) in [5.74, 6) is 3.20. The van der Waals surface area contributed by atoms with Gasteiger partial charge >= 0.3 is 0 Å². The fourth-order valence-corrected chi connectivity index (χ4v) is 3.68. The second-order valence-corrected chi connectivity index (χ2v) is 7.96. The first kappa shape index (κ1) is 20.7. The number of thioether (sulfide) groups is 1. The zero-order chi connectivity index (χ0) is 15.8. The molecule has 4 nitrogen and oxygen atoms in total. The topological polar surface area (TPSA) is 49.6 Å². The molecule has 0 spiro atoms. The van der Waals surface area contributed by atoms with Crippen LogP contribution in [0.4, 0.5) is 0 Å². The van der Waals surface area contributed by atoms with Crippen molar-refractivity contribution in [1.29, 1.82) is 0 Å². The van der Waals surface area contributed by atoms with E-state index in [1.165, 1.54) is 18.6 Å². The fourth-order valence-electron chi connectivity index (χ4n) is 2.45. The second-order valence-electron chi connectivity index (χ2n) is 6.28. The maximum absolute atomic E-state index is 5.37. The maximum atomic E-state index is 5.37. The molecule has 2 atom stereocenters. The van der Waals surface area contributed by atoms with Crippen LogP contribution in [0.1, 0.15) is 45.8 Å². The summed E-state index contributed by atoms with van der Waals surface area (Å²) in [5.41, 5.74) is 0. The highest BCUT2D eigenvalue weighted by molar-refractivity contribution is 14.0. The molecular weight excluding hydrogens is 421 g/mol. The van der Waals surface area contributed by atoms with Crippen LogP contribution in [0.25, 0.3) is 0 Å². The Morgan fingerprint density at radius 2 is 2.35 bits per heavy atom. The maximum Gasteiger partial charge on any atom is 0.191 e. The van der Waals surface area contributed by atoms with Gasteiger partial charge in [0, 0.05) is 23.8 Å². The molecule has 1 aliphatic heterocycles. The van der Waals surface area contributed by atoms with E-state index >= 15 is 0 Å². The lowest BCUT2D eigenvalue weighted by molar-refractivity contribution is 0.505. The van der Waals surface area contributed by atoms with Crippen molar-refractivity contribution in [1.82, 2.24) is 10.6 Å². The van der Waals surface area contributed by atoms with Crippen LogP contribution in [0.2, 0.25) is 0 Å². The summed E-state index contributed by atoms with van der Waals surface area (Å²) in [5, 5.41) is 6.92. The van der Waals surface area contributed by atoms with E-state index in [-0.39, 0.29) is 24.0 Å². The SMILES string of the molecule is CCC(C)NC(=NCC1(C)CCCS1)NCCc1ccco1.I. The van der Waals surface area contributed by atoms with Crippen molar-refractivity contribution in [3.63, 3.8) is 0 Å². The van der Waals surface area contributed by atoms with Gasteiger partial charge in [0.25, 0.3) is 0 Å². The first-order chi connectivity index (χ1) is 10.6. The number of nitrogens with one attached hydrogen (secondary N) is 2. The summed E-state index contributed by atoms with van der Waals surface area (Å²) < 4.78 is 5.68. The number of nitrogens with zero attached hydrogens (tertiary/aromatic N) is 1. The third-order valence-corrected chi connectivity index (χ3v) is 5.63. The number of rotatable bonds is 7. The molecule has 2 unspecified atom stereocenters. The van der Waals surface area contributed by atoms with Gasteiger partial charge in [-0.25, -0.2) is 0 Å². The van der Waals surface area contributed by atoms with Gasteiger partial charge < -0.3 is 15.1 Å². The molecule has 1 aliphatic rings. The summed E-state index contributed by atoms with van der Waals surface area (Å²) in [7, 11) is 0. The Bertz CT molecular complexity index is 458. The van der Waals surface area contributed by atoms with Crippen LogP contribution in [-0.2, 0) is 6.42 Å². The Kier molecular flexibility index (Phi) is 9.43. The van der Waals surface area contributed by atoms with Crippen molar-refractivity contribution in [2.75, 3.05) is 18.8 Å². The first-order valence-corrected chi connectivity index (χ1v) is 9.31. The Morgan fingerprint density at radius 1 is 1.52 bits per heavy atom. The van der Waals surface area contributed by atoms with Crippen molar-refractivity contribution in [3.05, 3.63) is 24.2 Å². The van der Waals surface area contributed by atoms with Crippen LogP contribution in [0.15, 0.2) is 27.8 Å². The van der Waals surface area contributed by atoms with Crippen molar-refractivity contribution < 1.29 is 4.42 Å². The van der Waals surface area contributed by atoms with E-state index in [4.69, 9.17) is 9.41 Å². The molecule has 2 rings (SSSR count). The molecule has 132 valence electrons. The number of furan rings is 1. The molecule has 2 N–H and O–H groups in total. The highest BCUT2D eigenvalue weighted by Crippen LogP contribution is 2.37. The summed E-state index contributed by atoms with van der Waals surface area (Å²) >= 11 is 2.06. The third-order valence-electron chi connectivity index (χ3n) is 4.11. The quantitative estimate of drug-likeness (QED) is 0.373. The van der Waals surface area contributed by atoms with E-state index < -0.39 is 0 Å². The first-order valence-electron chi connectivity index (χ1n) is 8.32. The summed E-state index contributed by atoms with van der Waals surface area (Å²) in [4.78, 5) is 4.83. The predicted molar refractivity (Wildman–Crippen MR) is 111 cm³/mol. The minimum atomic E-state index is 0. The normalized spacial score (nSPS) is 22.5. The molecule has 1 saturated heterocycles. The van der Waals surface area contributed by atoms with Crippen molar-refractivity contribution in [2.24, 2.45) is 4.99 Å². The molecule has 0 saturated carbocycles. The second kappa shape index (κ2) is 10.5. The van der Waals surface area contributed by atoms with Gasteiger partial charge in [-0.3, -0.25) is 4.99 Å². The van der Waals surface area contributed by atoms with E-state index in [0.717, 1.165) is 37.7 Å². The van der Waals surface area contributed by atoms with Gasteiger partial charge in [-0.05, 0) is 51.0 Å². The van der Waals surface area contributed by atoms with Crippen molar-refractivity contribution in [3.8, 4) is 0 Å². The van der Waals surface area contributed by atoms with Crippen LogP contribution in [0.5, 0.6) is 0 Å². The molecule has 0 amide bonds. The van der Waals surface area contributed by atoms with Gasteiger partial charge in [-0.2, -0.15) is 11.8 Å². The molecule has 0 bridgehead atoms. The molecule has 1 aromatic rings. The molecule has 1 aromatic heterocycles. The number of aliphatic imine (C=N–C) groups is 1. The number of halogens is 1. The smallest absolute Gasteiger partial charge is 0.191 e. The van der Waals surface area contributed by atoms with Crippen LogP contribution >= 0.6 is 35.7 Å². The van der Waals surface area contributed by atoms with Crippen LogP contribution < -0.4 is 10.6 Å². The molecule has 0 aliphatic carbocycles. The average molecular weight is 451 g/mol. The van der Waals surface area contributed by atoms with E-state index in [1.54, 1.807) is 6.26 Å². The van der Waals surface area contributed by atoms with Crippen LogP contribution in [0.3, 0.4) is 0 Å². The molecule has 0 aromatic carbocycles. The minimum absolute atomic E-state index is 0. The third kappa shape index (κ3) is 7.37. The summed E-state index contributed by atoms with van der Waals surface area (Å²) in [6.45, 7) is 8.42. The average Bonchev–Trinajstić information content (AvgIpc) is 3.16. The molecule has 23 heavy (non-hydrogen) atoms. The summed E-state index contributed by atoms with van der Waals surface area (Å²) in [6, 6.07) is 4.37. The van der Waals surface area contributed by atoms with E-state index in [1.807, 2.05) is 12.1 Å². The highest BCUT2D eigenvalue weighted by atomic mass is 127. The number of hydrogen-bond acceptors (Lipinski definition) is 3. The lowest BCUT2D eigenvalue weighted by Gasteiger charge is -2.22. The zero-order valence-corrected chi connectivity index (χ0v) is 17.6. The predicted octanol–water partition coefficient (Wildman–Crippen LogP) is 4.06. The Labute approximate surface area is 161 Å². The zero-order valence-electron chi connectivity index (χ0n) is 14.4. The van der Waals surface area contributed by atoms with Gasteiger partial charge in [-0.15, -0.1) is 24.0 Å². The molecule has 1 fully saturated rings. The van der Waals surface area contributed by atoms with Crippen molar-refractivity contribution in [2.45, 2.75) is 57.2 Å². The van der Waals surface area contributed by atoms with E-state index in [0.29, 0.717) is 10.8 Å². The number of hydrogen-bond donors (Lipinski definition) is 2. The van der Waals surface area contributed by atoms with Crippen LogP contribution in [-0.4, -0.2) is 35.6 Å². The van der Waals surface area contributed by atoms with Gasteiger partial charge in [0.2, 0.25) is 0 Å². The van der Waals surface area contributed by atoms with Gasteiger partial charge in [0.1, 0.15) is 5.76 Å². The lowest BCUT2D eigenvalue weighted by atomic mass is 10.1. The standard InChI is InChI=1S/C17H29N3OS.HI/c1-4-14(2)20-16(18-10-8-15-7-5-11-21-15)19-13-17(3)9-6-12-22-17;/h5,7,11,14H,4,6,8-10,12-13H2,1-3H3,(H2,18,19,20);1H. The van der Waals surface area contributed by atoms with Gasteiger partial charge in [0.15, 0.2) is 5.96 Å². The van der Waals surface area contributed by atoms with Crippen LogP contribution in [0, 0.1) is 0 Å². The van der Waals surface area contributed by atoms with Gasteiger partial charge in [0.05, 0.1) is 12.8 Å². The summed E-state index contributed by atoms with van der Waals surface area (Å²) in [6.07, 6.45) is 6.27. The lowest BCUT2D eigenvalue weighted by Crippen LogP contribution is -2.43. The number of guanidine groups is 1. The van der Waals surface area contributed by atoms with Crippen molar-refractivity contribution >= 4 is 41.7 Å². The monoisotopic (exact) mass is 451 g/mol.